The van der Waals surface area contributed by atoms with Crippen LogP contribution in [0.15, 0.2) is 24.8 Å². The van der Waals surface area contributed by atoms with E-state index in [1.807, 2.05) is 4.90 Å². The van der Waals surface area contributed by atoms with Gasteiger partial charge in [0.05, 0.1) is 35.5 Å². The summed E-state index contributed by atoms with van der Waals surface area (Å²) >= 11 is 0. The van der Waals surface area contributed by atoms with Crippen molar-refractivity contribution in [3.8, 4) is 0 Å². The molecule has 1 aliphatic carbocycles. The van der Waals surface area contributed by atoms with Gasteiger partial charge in [0.2, 0.25) is 0 Å². The van der Waals surface area contributed by atoms with E-state index < -0.39 is 34.0 Å². The number of hydrogen-bond donors (Lipinski definition) is 3. The van der Waals surface area contributed by atoms with Crippen LogP contribution in [-0.4, -0.2) is 97.2 Å². The number of aliphatic hydroxyl groups is 2. The number of nitrogens with zero attached hydrogens (tertiary/aromatic N) is 6. The average molecular weight is 452 g/mol. The topological polar surface area (TPSA) is 163 Å². The van der Waals surface area contributed by atoms with Gasteiger partial charge in [0, 0.05) is 50.7 Å². The second kappa shape index (κ2) is 8.94. The Balaban J connectivity index is 1.32. The van der Waals surface area contributed by atoms with E-state index in [0.717, 1.165) is 0 Å². The Bertz CT molecular complexity index is 1000. The van der Waals surface area contributed by atoms with Gasteiger partial charge in [0.25, 0.3) is 5.91 Å². The van der Waals surface area contributed by atoms with E-state index >= 15 is 0 Å². The molecular formula is C18H25N7O5S. The molecule has 4 rings (SSSR count). The Labute approximate surface area is 179 Å². The van der Waals surface area contributed by atoms with E-state index in [4.69, 9.17) is 0 Å². The minimum atomic E-state index is -2.93. The van der Waals surface area contributed by atoms with E-state index in [1.165, 1.54) is 18.6 Å². The third kappa shape index (κ3) is 5.23. The number of amides is 1. The van der Waals surface area contributed by atoms with Crippen molar-refractivity contribution in [3.05, 3.63) is 36.2 Å². The first-order chi connectivity index (χ1) is 14.8. The maximum absolute atomic E-state index is 12.3. The van der Waals surface area contributed by atoms with Crippen LogP contribution in [0.2, 0.25) is 0 Å². The monoisotopic (exact) mass is 451 g/mol. The number of hydrogen-bond acceptors (Lipinski definition) is 10. The maximum Gasteiger partial charge on any atom is 0.271 e. The van der Waals surface area contributed by atoms with Crippen LogP contribution >= 0.6 is 0 Å². The summed E-state index contributed by atoms with van der Waals surface area (Å²) in [5, 5.41) is 31.7. The third-order valence-corrected chi connectivity index (χ3v) is 7.35. The lowest BCUT2D eigenvalue weighted by Gasteiger charge is -2.25. The van der Waals surface area contributed by atoms with Gasteiger partial charge >= 0.3 is 0 Å². The fourth-order valence-corrected chi connectivity index (χ4v) is 5.26. The van der Waals surface area contributed by atoms with Crippen LogP contribution in [-0.2, 0) is 22.9 Å². The molecule has 4 unspecified atom stereocenters. The first kappa shape index (κ1) is 21.7. The van der Waals surface area contributed by atoms with Gasteiger partial charge in [-0.3, -0.25) is 19.4 Å². The Morgan fingerprint density at radius 2 is 1.97 bits per heavy atom. The molecule has 3 N–H and O–H groups in total. The van der Waals surface area contributed by atoms with E-state index in [9.17, 15) is 23.4 Å². The van der Waals surface area contributed by atoms with Crippen molar-refractivity contribution in [2.24, 2.45) is 5.92 Å². The summed E-state index contributed by atoms with van der Waals surface area (Å²) in [6.45, 7) is 1.77. The lowest BCUT2D eigenvalue weighted by atomic mass is 10.1. The van der Waals surface area contributed by atoms with Gasteiger partial charge < -0.3 is 15.5 Å². The number of aliphatic hydroxyl groups excluding tert-OH is 2. The lowest BCUT2D eigenvalue weighted by molar-refractivity contribution is 0.00759. The molecule has 12 nitrogen and oxygen atoms in total. The van der Waals surface area contributed by atoms with Gasteiger partial charge in [-0.15, -0.1) is 5.10 Å². The summed E-state index contributed by atoms with van der Waals surface area (Å²) < 4.78 is 24.7. The van der Waals surface area contributed by atoms with Crippen molar-refractivity contribution in [2.45, 2.75) is 37.8 Å². The molecule has 31 heavy (non-hydrogen) atoms. The fourth-order valence-electron chi connectivity index (χ4n) is 3.99. The molecule has 4 atom stereocenters. The van der Waals surface area contributed by atoms with Crippen molar-refractivity contribution in [1.29, 1.82) is 0 Å². The summed E-state index contributed by atoms with van der Waals surface area (Å²) in [6, 6.07) is -0.618. The van der Waals surface area contributed by atoms with Crippen LogP contribution in [0.5, 0.6) is 0 Å². The molecule has 13 heteroatoms. The first-order valence-corrected chi connectivity index (χ1v) is 11.9. The smallest absolute Gasteiger partial charge is 0.271 e. The Morgan fingerprint density at radius 3 is 2.68 bits per heavy atom. The van der Waals surface area contributed by atoms with E-state index in [1.54, 1.807) is 10.9 Å². The lowest BCUT2D eigenvalue weighted by Crippen LogP contribution is -2.43. The third-order valence-electron chi connectivity index (χ3n) is 5.74. The van der Waals surface area contributed by atoms with Gasteiger partial charge in [-0.1, -0.05) is 5.21 Å². The average Bonchev–Trinajstić information content (AvgIpc) is 3.30. The fraction of sp³-hybridized carbons (Fsp3) is 0.611. The molecular weight excluding hydrogens is 426 g/mol. The minimum absolute atomic E-state index is 0.138. The van der Waals surface area contributed by atoms with Crippen LogP contribution in [0.1, 0.15) is 22.6 Å². The van der Waals surface area contributed by atoms with Gasteiger partial charge in [-0.25, -0.2) is 13.4 Å². The zero-order valence-corrected chi connectivity index (χ0v) is 17.6. The number of nitrogens with one attached hydrogen (secondary N) is 1. The Morgan fingerprint density at radius 1 is 1.19 bits per heavy atom. The molecule has 1 saturated carbocycles. The predicted molar refractivity (Wildman–Crippen MR) is 107 cm³/mol. The molecule has 1 amide bonds. The molecule has 168 valence electrons. The van der Waals surface area contributed by atoms with E-state index in [0.29, 0.717) is 38.3 Å². The second-order valence-electron chi connectivity index (χ2n) is 8.01. The summed E-state index contributed by atoms with van der Waals surface area (Å²) in [5.41, 5.74) is 0.846. The van der Waals surface area contributed by atoms with E-state index in [2.05, 4.69) is 25.6 Å². The van der Waals surface area contributed by atoms with Gasteiger partial charge in [-0.2, -0.15) is 0 Å². The summed E-state index contributed by atoms with van der Waals surface area (Å²) in [5.74, 6) is -0.488. The maximum atomic E-state index is 12.3. The van der Waals surface area contributed by atoms with Crippen molar-refractivity contribution in [3.63, 3.8) is 0 Å². The SMILES string of the molecule is O=C(NC1CC(Cn2cc(CN3CCS(=O)(=O)CC3)nn2)C(O)C1O)c1cnccn1. The Hall–Kier alpha value is -2.48. The highest BCUT2D eigenvalue weighted by molar-refractivity contribution is 7.91. The molecule has 2 fully saturated rings. The molecule has 1 saturated heterocycles. The summed E-state index contributed by atoms with van der Waals surface area (Å²) in [7, 11) is -2.93. The van der Waals surface area contributed by atoms with Crippen molar-refractivity contribution < 1.29 is 23.4 Å². The quantitative estimate of drug-likeness (QED) is 0.441. The predicted octanol–water partition coefficient (Wildman–Crippen LogP) is -2.16. The van der Waals surface area contributed by atoms with E-state index in [-0.39, 0.29) is 23.1 Å². The van der Waals surface area contributed by atoms with Gasteiger partial charge in [0.15, 0.2) is 9.84 Å². The minimum Gasteiger partial charge on any atom is -0.390 e. The Kier molecular flexibility index (Phi) is 6.27. The van der Waals surface area contributed by atoms with Crippen LogP contribution in [0, 0.1) is 5.92 Å². The van der Waals surface area contributed by atoms with Crippen LogP contribution < -0.4 is 5.32 Å². The summed E-state index contributed by atoms with van der Waals surface area (Å²) in [6.07, 6.45) is 4.19. The highest BCUT2D eigenvalue weighted by Crippen LogP contribution is 2.28. The van der Waals surface area contributed by atoms with Crippen molar-refractivity contribution >= 4 is 15.7 Å². The number of carbonyl (C=O) groups excluding carboxylic acids is 1. The normalized spacial score (nSPS) is 28.5. The zero-order chi connectivity index (χ0) is 22.0. The largest absolute Gasteiger partial charge is 0.390 e. The molecule has 1 aliphatic heterocycles. The number of carbonyl (C=O) groups is 1. The number of aromatic nitrogens is 5. The standard InChI is InChI=1S/C18H25N7O5S/c26-16-12(7-14(17(16)27)21-18(28)15-8-19-1-2-20-15)9-25-11-13(22-23-25)10-24-3-5-31(29,30)6-4-24/h1-2,8,11-12,14,16-17,26-27H,3-7,9-10H2,(H,21,28). The number of sulfone groups is 1. The second-order valence-corrected chi connectivity index (χ2v) is 10.3. The van der Waals surface area contributed by atoms with Gasteiger partial charge in [0.1, 0.15) is 11.8 Å². The molecule has 0 bridgehead atoms. The molecule has 0 spiro atoms. The molecule has 2 aromatic rings. The molecule has 2 aromatic heterocycles. The molecule has 3 heterocycles. The van der Waals surface area contributed by atoms with Crippen molar-refractivity contribution in [1.82, 2.24) is 35.2 Å². The molecule has 0 radical (unpaired) electrons. The highest BCUT2D eigenvalue weighted by Gasteiger charge is 2.42. The zero-order valence-electron chi connectivity index (χ0n) is 16.8. The first-order valence-electron chi connectivity index (χ1n) is 10.1. The molecule has 0 aromatic carbocycles. The highest BCUT2D eigenvalue weighted by atomic mass is 32.2. The molecule has 2 aliphatic rings. The van der Waals surface area contributed by atoms with Crippen LogP contribution in [0.4, 0.5) is 0 Å². The summed E-state index contributed by atoms with van der Waals surface area (Å²) in [4.78, 5) is 22.1. The van der Waals surface area contributed by atoms with Crippen molar-refractivity contribution in [2.75, 3.05) is 24.6 Å². The number of rotatable bonds is 6. The van der Waals surface area contributed by atoms with Crippen LogP contribution in [0.3, 0.4) is 0 Å². The van der Waals surface area contributed by atoms with Gasteiger partial charge in [-0.05, 0) is 6.42 Å². The van der Waals surface area contributed by atoms with Crippen LogP contribution in [0.25, 0.3) is 0 Å².